The van der Waals surface area contributed by atoms with E-state index in [1.165, 1.54) is 12.1 Å². The number of hydrogen-bond donors (Lipinski definition) is 1. The molecule has 0 spiro atoms. The van der Waals surface area contributed by atoms with Crippen LogP contribution in [0.15, 0.2) is 54.1 Å². The summed E-state index contributed by atoms with van der Waals surface area (Å²) in [6.45, 7) is 0.562. The highest BCUT2D eigenvalue weighted by Crippen LogP contribution is 2.48. The molecule has 1 saturated carbocycles. The first-order chi connectivity index (χ1) is 13.6. The number of nitrogens with zero attached hydrogens (tertiary/aromatic N) is 1. The minimum Gasteiger partial charge on any atom is -0.380 e. The topological polar surface area (TPSA) is 23.5 Å². The van der Waals surface area contributed by atoms with Gasteiger partial charge in [0.15, 0.2) is 0 Å². The molecule has 156 valence electrons. The van der Waals surface area contributed by atoms with E-state index >= 15 is 0 Å². The van der Waals surface area contributed by atoms with Gasteiger partial charge in [-0.05, 0) is 62.2 Å². The van der Waals surface area contributed by atoms with Gasteiger partial charge in [0.2, 0.25) is 0 Å². The van der Waals surface area contributed by atoms with Crippen LogP contribution in [0, 0.1) is 5.92 Å². The van der Waals surface area contributed by atoms with Crippen LogP contribution in [0.5, 0.6) is 0 Å². The zero-order valence-electron chi connectivity index (χ0n) is 16.5. The third kappa shape index (κ3) is 4.68. The van der Waals surface area contributed by atoms with Gasteiger partial charge in [0.05, 0.1) is 10.6 Å². The minimum atomic E-state index is -4.58. The molecule has 0 aromatic heterocycles. The summed E-state index contributed by atoms with van der Waals surface area (Å²) in [5, 5.41) is 11.6. The van der Waals surface area contributed by atoms with Crippen molar-refractivity contribution < 1.29 is 18.3 Å². The Labute approximate surface area is 174 Å². The Bertz CT molecular complexity index is 879. The molecule has 0 saturated heterocycles. The van der Waals surface area contributed by atoms with Crippen molar-refractivity contribution in [2.45, 2.75) is 31.0 Å². The number of alkyl halides is 3. The summed E-state index contributed by atoms with van der Waals surface area (Å²) in [5.74, 6) is -0.233. The van der Waals surface area contributed by atoms with Gasteiger partial charge in [0, 0.05) is 12.5 Å². The van der Waals surface area contributed by atoms with Crippen molar-refractivity contribution in [3.05, 3.63) is 75.8 Å². The van der Waals surface area contributed by atoms with Crippen LogP contribution >= 0.6 is 11.6 Å². The molecule has 2 atom stereocenters. The maximum atomic E-state index is 13.5. The minimum absolute atomic E-state index is 0.233. The molecule has 0 radical (unpaired) electrons. The van der Waals surface area contributed by atoms with Crippen LogP contribution in [0.25, 0.3) is 6.08 Å². The molecule has 1 N–H and O–H groups in total. The maximum absolute atomic E-state index is 13.5. The second-order valence-corrected chi connectivity index (χ2v) is 8.30. The molecular weight excluding hydrogens is 399 g/mol. The molecule has 1 aliphatic carbocycles. The van der Waals surface area contributed by atoms with E-state index in [9.17, 15) is 18.3 Å². The van der Waals surface area contributed by atoms with E-state index in [-0.39, 0.29) is 16.5 Å². The second-order valence-electron chi connectivity index (χ2n) is 7.89. The fraction of sp³-hybridized carbons (Fsp3) is 0.391. The number of rotatable bonds is 4. The first-order valence-corrected chi connectivity index (χ1v) is 10.0. The molecule has 0 bridgehead atoms. The lowest BCUT2D eigenvalue weighted by Gasteiger charge is -2.44. The van der Waals surface area contributed by atoms with Gasteiger partial charge in [-0.2, -0.15) is 13.2 Å². The van der Waals surface area contributed by atoms with E-state index in [4.69, 9.17) is 11.6 Å². The summed E-state index contributed by atoms with van der Waals surface area (Å²) in [4.78, 5) is 1.96. The quantitative estimate of drug-likeness (QED) is 0.652. The first kappa shape index (κ1) is 21.9. The van der Waals surface area contributed by atoms with Crippen molar-refractivity contribution in [3.8, 4) is 0 Å². The normalized spacial score (nSPS) is 24.3. The first-order valence-electron chi connectivity index (χ1n) is 9.62. The molecule has 6 heteroatoms. The van der Waals surface area contributed by atoms with E-state index in [0.717, 1.165) is 30.0 Å². The molecule has 29 heavy (non-hydrogen) atoms. The summed E-state index contributed by atoms with van der Waals surface area (Å²) in [5.41, 5.74) is -0.530. The third-order valence-corrected chi connectivity index (χ3v) is 5.85. The maximum Gasteiger partial charge on any atom is 0.417 e. The molecule has 2 unspecified atom stereocenters. The Morgan fingerprint density at radius 3 is 2.48 bits per heavy atom. The highest BCUT2D eigenvalue weighted by atomic mass is 35.5. The Hall–Kier alpha value is -1.82. The Morgan fingerprint density at radius 2 is 1.86 bits per heavy atom. The SMILES string of the molecule is CN(C)CC1CCCC(=Cc2ccccc2)C1(O)c1ccc(Cl)c(C(F)(F)F)c1. The van der Waals surface area contributed by atoms with Crippen molar-refractivity contribution in [1.29, 1.82) is 0 Å². The Kier molecular flexibility index (Phi) is 6.42. The summed E-state index contributed by atoms with van der Waals surface area (Å²) in [7, 11) is 3.80. The molecule has 0 amide bonds. The van der Waals surface area contributed by atoms with Gasteiger partial charge < -0.3 is 10.0 Å². The zero-order valence-corrected chi connectivity index (χ0v) is 17.3. The van der Waals surface area contributed by atoms with E-state index in [2.05, 4.69) is 0 Å². The van der Waals surface area contributed by atoms with Crippen LogP contribution in [-0.2, 0) is 11.8 Å². The van der Waals surface area contributed by atoms with E-state index in [1.54, 1.807) is 0 Å². The molecule has 0 aliphatic heterocycles. The summed E-state index contributed by atoms with van der Waals surface area (Å²) in [6, 6.07) is 13.3. The zero-order chi connectivity index (χ0) is 21.2. The van der Waals surface area contributed by atoms with Crippen molar-refractivity contribution in [2.75, 3.05) is 20.6 Å². The van der Waals surface area contributed by atoms with E-state index in [0.29, 0.717) is 13.0 Å². The van der Waals surface area contributed by atoms with Gasteiger partial charge in [-0.3, -0.25) is 0 Å². The number of halogens is 4. The van der Waals surface area contributed by atoms with Crippen molar-refractivity contribution >= 4 is 17.7 Å². The van der Waals surface area contributed by atoms with Crippen molar-refractivity contribution in [1.82, 2.24) is 4.90 Å². The number of hydrogen-bond acceptors (Lipinski definition) is 2. The van der Waals surface area contributed by atoms with Crippen molar-refractivity contribution in [3.63, 3.8) is 0 Å². The molecule has 1 aliphatic rings. The van der Waals surface area contributed by atoms with Gasteiger partial charge in [-0.1, -0.05) is 54.1 Å². The lowest BCUT2D eigenvalue weighted by Crippen LogP contribution is -2.44. The molecule has 2 aromatic rings. The second kappa shape index (κ2) is 8.50. The molecular formula is C23H25ClF3NO. The van der Waals surface area contributed by atoms with Gasteiger partial charge in [-0.15, -0.1) is 0 Å². The standard InChI is InChI=1S/C23H25ClF3NO/c1-28(2)15-19-10-6-9-17(13-16-7-4-3-5-8-16)22(19,29)18-11-12-21(24)20(14-18)23(25,26)27/h3-5,7-8,11-14,19,29H,6,9-10,15H2,1-2H3. The molecule has 1 fully saturated rings. The summed E-state index contributed by atoms with van der Waals surface area (Å²) >= 11 is 5.83. The highest BCUT2D eigenvalue weighted by molar-refractivity contribution is 6.31. The lowest BCUT2D eigenvalue weighted by atomic mass is 9.67. The molecule has 0 heterocycles. The van der Waals surface area contributed by atoms with Gasteiger partial charge in [-0.25, -0.2) is 0 Å². The lowest BCUT2D eigenvalue weighted by molar-refractivity contribution is -0.137. The Balaban J connectivity index is 2.17. The number of benzene rings is 2. The monoisotopic (exact) mass is 423 g/mol. The smallest absolute Gasteiger partial charge is 0.380 e. The van der Waals surface area contributed by atoms with Gasteiger partial charge in [0.25, 0.3) is 0 Å². The summed E-state index contributed by atoms with van der Waals surface area (Å²) in [6.07, 6.45) is -0.453. The largest absolute Gasteiger partial charge is 0.417 e. The average molecular weight is 424 g/mol. The Morgan fingerprint density at radius 1 is 1.17 bits per heavy atom. The summed E-state index contributed by atoms with van der Waals surface area (Å²) < 4.78 is 40.4. The van der Waals surface area contributed by atoms with Crippen LogP contribution in [-0.4, -0.2) is 30.6 Å². The average Bonchev–Trinajstić information content (AvgIpc) is 2.65. The fourth-order valence-electron chi connectivity index (χ4n) is 4.20. The fourth-order valence-corrected chi connectivity index (χ4v) is 4.42. The van der Waals surface area contributed by atoms with Crippen LogP contribution in [0.2, 0.25) is 5.02 Å². The van der Waals surface area contributed by atoms with E-state index in [1.807, 2.05) is 55.4 Å². The van der Waals surface area contributed by atoms with Crippen LogP contribution < -0.4 is 0 Å². The van der Waals surface area contributed by atoms with Crippen molar-refractivity contribution in [2.24, 2.45) is 5.92 Å². The van der Waals surface area contributed by atoms with Gasteiger partial charge in [0.1, 0.15) is 5.60 Å². The third-order valence-electron chi connectivity index (χ3n) is 5.52. The predicted octanol–water partition coefficient (Wildman–Crippen LogP) is 5.99. The number of aliphatic hydroxyl groups is 1. The predicted molar refractivity (Wildman–Crippen MR) is 111 cm³/mol. The van der Waals surface area contributed by atoms with Crippen LogP contribution in [0.1, 0.15) is 36.0 Å². The van der Waals surface area contributed by atoms with Crippen LogP contribution in [0.4, 0.5) is 13.2 Å². The van der Waals surface area contributed by atoms with Crippen LogP contribution in [0.3, 0.4) is 0 Å². The molecule has 3 rings (SSSR count). The van der Waals surface area contributed by atoms with Gasteiger partial charge >= 0.3 is 6.18 Å². The molecule has 2 nitrogen and oxygen atoms in total. The highest BCUT2D eigenvalue weighted by Gasteiger charge is 2.45. The van der Waals surface area contributed by atoms with E-state index < -0.39 is 17.3 Å². The molecule has 2 aromatic carbocycles.